The minimum atomic E-state index is -0.0362. The fourth-order valence-electron chi connectivity index (χ4n) is 4.47. The largest absolute Gasteiger partial charge is 0.354 e. The molecule has 30 heavy (non-hydrogen) atoms. The van der Waals surface area contributed by atoms with E-state index < -0.39 is 0 Å². The molecule has 0 aliphatic carbocycles. The lowest BCUT2D eigenvalue weighted by molar-refractivity contribution is 0.0950. The Bertz CT molecular complexity index is 1370. The molecular weight excluding hydrogens is 372 g/mol. The molecule has 5 rings (SSSR count). The van der Waals surface area contributed by atoms with E-state index in [4.69, 9.17) is 0 Å². The first-order valence-electron chi connectivity index (χ1n) is 10.7. The molecule has 5 heteroatoms. The number of aromatic amines is 2. The van der Waals surface area contributed by atoms with Crippen LogP contribution < -0.4 is 5.32 Å². The number of nitrogens with zero attached hydrogens (tertiary/aromatic N) is 1. The molecule has 0 aliphatic heterocycles. The first-order valence-corrected chi connectivity index (χ1v) is 10.7. The quantitative estimate of drug-likeness (QED) is 0.376. The van der Waals surface area contributed by atoms with Crippen LogP contribution >= 0.6 is 0 Å². The lowest BCUT2D eigenvalue weighted by Crippen LogP contribution is -2.34. The van der Waals surface area contributed by atoms with Crippen LogP contribution in [0, 0.1) is 0 Å². The zero-order valence-electron chi connectivity index (χ0n) is 17.4. The van der Waals surface area contributed by atoms with Gasteiger partial charge in [0.1, 0.15) is 0 Å². The highest BCUT2D eigenvalue weighted by atomic mass is 16.1. The van der Waals surface area contributed by atoms with Gasteiger partial charge in [-0.25, -0.2) is 0 Å². The number of carbonyl (C=O) groups is 1. The molecule has 152 valence electrons. The second kappa shape index (κ2) is 7.50. The summed E-state index contributed by atoms with van der Waals surface area (Å²) in [6.45, 7) is 7.74. The van der Waals surface area contributed by atoms with Gasteiger partial charge in [0, 0.05) is 45.7 Å². The minimum Gasteiger partial charge on any atom is -0.354 e. The van der Waals surface area contributed by atoms with Crippen molar-refractivity contribution in [2.45, 2.75) is 13.8 Å². The maximum absolute atomic E-state index is 13.2. The maximum atomic E-state index is 13.2. The van der Waals surface area contributed by atoms with Crippen LogP contribution in [0.25, 0.3) is 43.6 Å². The Morgan fingerprint density at radius 2 is 1.50 bits per heavy atom. The number of likely N-dealkylation sites (N-methyl/N-ethyl adjacent to an activating group) is 1. The van der Waals surface area contributed by atoms with Gasteiger partial charge in [-0.2, -0.15) is 0 Å². The predicted molar refractivity (Wildman–Crippen MR) is 125 cm³/mol. The normalized spacial score (nSPS) is 12.0. The van der Waals surface area contributed by atoms with Gasteiger partial charge in [-0.15, -0.1) is 0 Å². The van der Waals surface area contributed by atoms with Crippen molar-refractivity contribution in [1.29, 1.82) is 0 Å². The number of nitrogens with one attached hydrogen (secondary N) is 3. The Morgan fingerprint density at radius 3 is 2.23 bits per heavy atom. The summed E-state index contributed by atoms with van der Waals surface area (Å²) in [7, 11) is 0. The summed E-state index contributed by atoms with van der Waals surface area (Å²) in [6, 6.07) is 18.5. The van der Waals surface area contributed by atoms with E-state index in [1.807, 2.05) is 30.3 Å². The number of rotatable bonds is 6. The van der Waals surface area contributed by atoms with E-state index in [2.05, 4.69) is 58.3 Å². The molecule has 0 unspecified atom stereocenters. The van der Waals surface area contributed by atoms with Crippen molar-refractivity contribution in [3.05, 3.63) is 60.2 Å². The number of hydrogen-bond donors (Lipinski definition) is 3. The Kier molecular flexibility index (Phi) is 4.68. The van der Waals surface area contributed by atoms with Crippen LogP contribution in [-0.4, -0.2) is 47.0 Å². The van der Waals surface area contributed by atoms with Gasteiger partial charge in [-0.1, -0.05) is 50.2 Å². The number of H-pyrrole nitrogens is 2. The van der Waals surface area contributed by atoms with Crippen LogP contribution in [0.2, 0.25) is 0 Å². The fourth-order valence-corrected chi connectivity index (χ4v) is 4.47. The molecule has 0 saturated heterocycles. The first kappa shape index (κ1) is 18.7. The molecule has 0 atom stereocenters. The second-order valence-corrected chi connectivity index (χ2v) is 7.72. The zero-order valence-corrected chi connectivity index (χ0v) is 17.4. The molecule has 0 fully saturated rings. The third-order valence-corrected chi connectivity index (χ3v) is 6.11. The van der Waals surface area contributed by atoms with Crippen molar-refractivity contribution in [1.82, 2.24) is 20.2 Å². The molecule has 3 N–H and O–H groups in total. The maximum Gasteiger partial charge on any atom is 0.253 e. The highest BCUT2D eigenvalue weighted by molar-refractivity contribution is 6.28. The summed E-state index contributed by atoms with van der Waals surface area (Å²) in [6.07, 6.45) is 0. The molecule has 5 nitrogen and oxygen atoms in total. The number of aromatic nitrogens is 2. The van der Waals surface area contributed by atoms with Crippen molar-refractivity contribution >= 4 is 49.5 Å². The smallest absolute Gasteiger partial charge is 0.253 e. The van der Waals surface area contributed by atoms with Crippen molar-refractivity contribution in [2.75, 3.05) is 26.2 Å². The van der Waals surface area contributed by atoms with Crippen LogP contribution in [0.3, 0.4) is 0 Å². The van der Waals surface area contributed by atoms with Crippen LogP contribution in [0.1, 0.15) is 24.2 Å². The molecule has 0 aliphatic rings. The predicted octanol–water partition coefficient (Wildman–Crippen LogP) is 5.03. The van der Waals surface area contributed by atoms with E-state index in [9.17, 15) is 4.79 Å². The monoisotopic (exact) mass is 398 g/mol. The molecule has 2 heterocycles. The van der Waals surface area contributed by atoms with Gasteiger partial charge in [0.15, 0.2) is 0 Å². The number of para-hydroxylation sites is 2. The highest BCUT2D eigenvalue weighted by Gasteiger charge is 2.19. The number of benzene rings is 3. The van der Waals surface area contributed by atoms with E-state index in [1.165, 1.54) is 0 Å². The lowest BCUT2D eigenvalue weighted by Gasteiger charge is -2.18. The summed E-state index contributed by atoms with van der Waals surface area (Å²) >= 11 is 0. The molecule has 0 radical (unpaired) electrons. The van der Waals surface area contributed by atoms with E-state index in [1.54, 1.807) is 0 Å². The summed E-state index contributed by atoms with van der Waals surface area (Å²) in [5.41, 5.74) is 4.77. The van der Waals surface area contributed by atoms with Gasteiger partial charge >= 0.3 is 0 Å². The Labute approximate surface area is 175 Å². The van der Waals surface area contributed by atoms with Gasteiger partial charge in [0.2, 0.25) is 0 Å². The van der Waals surface area contributed by atoms with Crippen LogP contribution in [0.4, 0.5) is 0 Å². The Hall–Kier alpha value is -3.31. The number of carbonyl (C=O) groups excluding carboxylic acids is 1. The van der Waals surface area contributed by atoms with Gasteiger partial charge < -0.3 is 20.2 Å². The summed E-state index contributed by atoms with van der Waals surface area (Å²) < 4.78 is 0. The summed E-state index contributed by atoms with van der Waals surface area (Å²) in [4.78, 5) is 22.6. The molecule has 0 saturated carbocycles. The van der Waals surface area contributed by atoms with Crippen molar-refractivity contribution < 1.29 is 4.79 Å². The van der Waals surface area contributed by atoms with Crippen LogP contribution in [0.15, 0.2) is 54.6 Å². The Balaban J connectivity index is 1.68. The molecule has 0 spiro atoms. The van der Waals surface area contributed by atoms with Crippen molar-refractivity contribution in [2.24, 2.45) is 0 Å². The molecular formula is C25H26N4O. The average molecular weight is 399 g/mol. The number of fused-ring (bicyclic) bond motifs is 7. The fraction of sp³-hybridized carbons (Fsp3) is 0.240. The lowest BCUT2D eigenvalue weighted by atomic mass is 10.0. The second-order valence-electron chi connectivity index (χ2n) is 7.72. The third kappa shape index (κ3) is 2.94. The van der Waals surface area contributed by atoms with Crippen molar-refractivity contribution in [3.8, 4) is 0 Å². The minimum absolute atomic E-state index is 0.0362. The molecule has 1 amide bonds. The summed E-state index contributed by atoms with van der Waals surface area (Å²) in [5.74, 6) is -0.0362. The van der Waals surface area contributed by atoms with E-state index in [0.717, 1.165) is 63.2 Å². The van der Waals surface area contributed by atoms with E-state index in [0.29, 0.717) is 12.1 Å². The number of amides is 1. The first-order chi connectivity index (χ1) is 14.7. The number of hydrogen-bond acceptors (Lipinski definition) is 2. The molecule has 5 aromatic rings. The van der Waals surface area contributed by atoms with Gasteiger partial charge in [0.25, 0.3) is 5.91 Å². The zero-order chi connectivity index (χ0) is 20.7. The molecule has 0 bridgehead atoms. The standard InChI is InChI=1S/C25H26N4O/c1-3-29(4-2)14-13-26-25(30)19-15-18-16-9-5-7-11-20(16)27-23(18)22-17-10-6-8-12-21(17)28-24(19)22/h5-12,15,27-28H,3-4,13-14H2,1-2H3,(H,26,30). The average Bonchev–Trinajstić information content (AvgIpc) is 3.34. The van der Waals surface area contributed by atoms with Gasteiger partial charge in [0.05, 0.1) is 16.6 Å². The van der Waals surface area contributed by atoms with E-state index >= 15 is 0 Å². The van der Waals surface area contributed by atoms with Crippen molar-refractivity contribution in [3.63, 3.8) is 0 Å². The van der Waals surface area contributed by atoms with Gasteiger partial charge in [-0.05, 0) is 31.3 Å². The third-order valence-electron chi connectivity index (χ3n) is 6.11. The molecule has 3 aromatic carbocycles. The van der Waals surface area contributed by atoms with Gasteiger partial charge in [-0.3, -0.25) is 4.79 Å². The van der Waals surface area contributed by atoms with E-state index in [-0.39, 0.29) is 5.91 Å². The Morgan fingerprint density at radius 1 is 0.867 bits per heavy atom. The van der Waals surface area contributed by atoms with Crippen LogP contribution in [0.5, 0.6) is 0 Å². The molecule has 2 aromatic heterocycles. The summed E-state index contributed by atoms with van der Waals surface area (Å²) in [5, 5.41) is 7.55. The van der Waals surface area contributed by atoms with Crippen LogP contribution in [-0.2, 0) is 0 Å². The topological polar surface area (TPSA) is 63.9 Å². The SMILES string of the molecule is CCN(CC)CCNC(=O)c1cc2c3ccccc3[nH]c2c2c1[nH]c1ccccc12. The highest BCUT2D eigenvalue weighted by Crippen LogP contribution is 2.37.